The van der Waals surface area contributed by atoms with Gasteiger partial charge >= 0.3 is 5.97 Å². The first-order chi connectivity index (χ1) is 8.99. The van der Waals surface area contributed by atoms with E-state index in [2.05, 4.69) is 20.9 Å². The lowest BCUT2D eigenvalue weighted by molar-refractivity contribution is -0.914. The number of hydrogen-bond donors (Lipinski definition) is 1. The Balaban J connectivity index is 2.05. The van der Waals surface area contributed by atoms with Crippen LogP contribution in [-0.4, -0.2) is 31.7 Å². The zero-order chi connectivity index (χ0) is 14.0. The third-order valence-electron chi connectivity index (χ3n) is 4.06. The Bertz CT molecular complexity index is 463. The molecular weight excluding hydrogens is 262 g/mol. The number of carbonyl (C=O) groups excluding carboxylic acids is 1. The molecule has 1 aromatic carbocycles. The first kappa shape index (κ1) is 14.4. The minimum absolute atomic E-state index is 0.0116. The van der Waals surface area contributed by atoms with Gasteiger partial charge in [0.05, 0.1) is 30.2 Å². The highest BCUT2D eigenvalue weighted by atomic mass is 35.5. The first-order valence-electron chi connectivity index (χ1n) is 6.77. The molecule has 0 saturated carbocycles. The first-order valence-corrected chi connectivity index (χ1v) is 7.14. The Labute approximate surface area is 119 Å². The Morgan fingerprint density at radius 2 is 2.05 bits per heavy atom. The number of likely N-dealkylation sites (tertiary alicyclic amines) is 1. The van der Waals surface area contributed by atoms with Crippen molar-refractivity contribution in [3.63, 3.8) is 0 Å². The van der Waals surface area contributed by atoms with Crippen molar-refractivity contribution in [2.45, 2.75) is 32.4 Å². The maximum absolute atomic E-state index is 12.2. The van der Waals surface area contributed by atoms with Crippen LogP contribution in [0.3, 0.4) is 0 Å². The summed E-state index contributed by atoms with van der Waals surface area (Å²) in [5, 5.41) is 0.451. The van der Waals surface area contributed by atoms with Crippen LogP contribution in [0.15, 0.2) is 24.3 Å². The lowest BCUT2D eigenvalue weighted by Crippen LogP contribution is -3.14. The summed E-state index contributed by atoms with van der Waals surface area (Å²) in [4.78, 5) is 13.7. The Hall–Kier alpha value is -1.06. The standard InChI is InChI=1S/C15H20ClNO2/c1-10-9-17(3)11(2)8-14(10)19-15(18)12-6-4-5-7-13(12)16/h4-7,10-11,14H,8-9H2,1-3H3/p+1/t10-,11+,14+/m1/s1. The van der Waals surface area contributed by atoms with Crippen molar-refractivity contribution in [1.29, 1.82) is 0 Å². The van der Waals surface area contributed by atoms with Crippen LogP contribution in [0.25, 0.3) is 0 Å². The average molecular weight is 283 g/mol. The molecule has 1 unspecified atom stereocenters. The lowest BCUT2D eigenvalue weighted by atomic mass is 9.92. The quantitative estimate of drug-likeness (QED) is 0.839. The van der Waals surface area contributed by atoms with Gasteiger partial charge in [0.15, 0.2) is 0 Å². The highest BCUT2D eigenvalue weighted by Gasteiger charge is 2.34. The van der Waals surface area contributed by atoms with Gasteiger partial charge in [0.2, 0.25) is 0 Å². The van der Waals surface area contributed by atoms with Crippen molar-refractivity contribution in [3.8, 4) is 0 Å². The fourth-order valence-electron chi connectivity index (χ4n) is 2.61. The summed E-state index contributed by atoms with van der Waals surface area (Å²) in [6.07, 6.45) is 0.894. The van der Waals surface area contributed by atoms with Crippen molar-refractivity contribution in [2.75, 3.05) is 13.6 Å². The van der Waals surface area contributed by atoms with Crippen LogP contribution in [0.2, 0.25) is 5.02 Å². The van der Waals surface area contributed by atoms with E-state index in [9.17, 15) is 4.79 Å². The summed E-state index contributed by atoms with van der Waals surface area (Å²) in [5.41, 5.74) is 0.454. The zero-order valence-electron chi connectivity index (χ0n) is 11.7. The molecule has 1 fully saturated rings. The largest absolute Gasteiger partial charge is 0.458 e. The molecule has 1 aliphatic rings. The van der Waals surface area contributed by atoms with Gasteiger partial charge < -0.3 is 9.64 Å². The van der Waals surface area contributed by atoms with E-state index in [1.165, 1.54) is 4.90 Å². The molecule has 0 aromatic heterocycles. The number of nitrogens with one attached hydrogen (secondary N) is 1. The van der Waals surface area contributed by atoms with Gasteiger partial charge in [-0.3, -0.25) is 0 Å². The predicted molar refractivity (Wildman–Crippen MR) is 75.7 cm³/mol. The molecule has 1 heterocycles. The number of halogens is 1. The Kier molecular flexibility index (Phi) is 4.48. The second-order valence-corrected chi connectivity index (χ2v) is 6.00. The number of quaternary nitrogens is 1. The van der Waals surface area contributed by atoms with Gasteiger partial charge in [0.25, 0.3) is 0 Å². The van der Waals surface area contributed by atoms with Crippen LogP contribution in [-0.2, 0) is 4.74 Å². The maximum Gasteiger partial charge on any atom is 0.339 e. The number of benzene rings is 1. The number of hydrogen-bond acceptors (Lipinski definition) is 2. The molecule has 4 heteroatoms. The van der Waals surface area contributed by atoms with Crippen LogP contribution in [0, 0.1) is 5.92 Å². The van der Waals surface area contributed by atoms with Crippen LogP contribution in [0.5, 0.6) is 0 Å². The Morgan fingerprint density at radius 1 is 1.37 bits per heavy atom. The van der Waals surface area contributed by atoms with Crippen molar-refractivity contribution >= 4 is 17.6 Å². The van der Waals surface area contributed by atoms with Gasteiger partial charge in [0.1, 0.15) is 6.10 Å². The van der Waals surface area contributed by atoms with Crippen molar-refractivity contribution in [3.05, 3.63) is 34.9 Å². The normalized spacial score (nSPS) is 30.9. The molecule has 3 nitrogen and oxygen atoms in total. The minimum atomic E-state index is -0.311. The van der Waals surface area contributed by atoms with Crippen molar-refractivity contribution in [2.24, 2.45) is 5.92 Å². The molecule has 2 rings (SSSR count). The number of ether oxygens (including phenoxy) is 1. The summed E-state index contributed by atoms with van der Waals surface area (Å²) in [6, 6.07) is 7.54. The second kappa shape index (κ2) is 5.93. The molecular formula is C15H21ClNO2+. The molecule has 1 aromatic rings. The fourth-order valence-corrected chi connectivity index (χ4v) is 2.83. The molecule has 104 valence electrons. The molecule has 19 heavy (non-hydrogen) atoms. The van der Waals surface area contributed by atoms with Gasteiger partial charge in [-0.15, -0.1) is 0 Å². The third kappa shape index (κ3) is 3.28. The van der Waals surface area contributed by atoms with Crippen LogP contribution in [0.4, 0.5) is 0 Å². The molecule has 0 radical (unpaired) electrons. The van der Waals surface area contributed by atoms with E-state index in [0.717, 1.165) is 13.0 Å². The lowest BCUT2D eigenvalue weighted by Gasteiger charge is -2.36. The minimum Gasteiger partial charge on any atom is -0.458 e. The molecule has 0 aliphatic carbocycles. The summed E-state index contributed by atoms with van der Waals surface area (Å²) < 4.78 is 5.65. The highest BCUT2D eigenvalue weighted by Crippen LogP contribution is 2.21. The number of carbonyl (C=O) groups is 1. The Morgan fingerprint density at radius 3 is 2.74 bits per heavy atom. The smallest absolute Gasteiger partial charge is 0.339 e. The summed E-state index contributed by atoms with van der Waals surface area (Å²) >= 11 is 6.02. The number of esters is 1. The van der Waals surface area contributed by atoms with E-state index in [-0.39, 0.29) is 12.1 Å². The number of rotatable bonds is 2. The van der Waals surface area contributed by atoms with E-state index in [1.807, 2.05) is 6.07 Å². The average Bonchev–Trinajstić information content (AvgIpc) is 2.36. The van der Waals surface area contributed by atoms with E-state index in [0.29, 0.717) is 22.5 Å². The SMILES string of the molecule is C[C@@H]1C[NH+](C)[C@@H](C)C[C@@H]1OC(=O)c1ccccc1Cl. The van der Waals surface area contributed by atoms with Gasteiger partial charge in [-0.1, -0.05) is 30.7 Å². The topological polar surface area (TPSA) is 30.7 Å². The molecule has 4 atom stereocenters. The summed E-state index contributed by atoms with van der Waals surface area (Å²) in [7, 11) is 2.19. The molecule has 0 amide bonds. The monoisotopic (exact) mass is 282 g/mol. The predicted octanol–water partition coefficient (Wildman–Crippen LogP) is 1.81. The van der Waals surface area contributed by atoms with Gasteiger partial charge in [-0.05, 0) is 19.1 Å². The summed E-state index contributed by atoms with van der Waals surface area (Å²) in [5.74, 6) is 0.0665. The molecule has 0 spiro atoms. The molecule has 1 N–H and O–H groups in total. The zero-order valence-corrected chi connectivity index (χ0v) is 12.4. The highest BCUT2D eigenvalue weighted by molar-refractivity contribution is 6.33. The van der Waals surface area contributed by atoms with E-state index in [1.54, 1.807) is 18.2 Å². The van der Waals surface area contributed by atoms with Crippen molar-refractivity contribution < 1.29 is 14.4 Å². The van der Waals surface area contributed by atoms with Gasteiger partial charge in [0, 0.05) is 12.3 Å². The van der Waals surface area contributed by atoms with Crippen LogP contribution >= 0.6 is 11.6 Å². The molecule has 0 bridgehead atoms. The van der Waals surface area contributed by atoms with Crippen molar-refractivity contribution in [1.82, 2.24) is 0 Å². The van der Waals surface area contributed by atoms with Gasteiger partial charge in [-0.2, -0.15) is 0 Å². The molecule has 1 saturated heterocycles. The number of piperidine rings is 1. The third-order valence-corrected chi connectivity index (χ3v) is 4.39. The maximum atomic E-state index is 12.2. The van der Waals surface area contributed by atoms with Gasteiger partial charge in [-0.25, -0.2) is 4.79 Å². The van der Waals surface area contributed by atoms with Crippen LogP contribution in [0.1, 0.15) is 30.6 Å². The molecule has 1 aliphatic heterocycles. The fraction of sp³-hybridized carbons (Fsp3) is 0.533. The van der Waals surface area contributed by atoms with E-state index >= 15 is 0 Å². The summed E-state index contributed by atoms with van der Waals surface area (Å²) in [6.45, 7) is 5.36. The van der Waals surface area contributed by atoms with Crippen LogP contribution < -0.4 is 4.90 Å². The van der Waals surface area contributed by atoms with E-state index < -0.39 is 0 Å². The van der Waals surface area contributed by atoms with E-state index in [4.69, 9.17) is 16.3 Å². The second-order valence-electron chi connectivity index (χ2n) is 5.59.